The van der Waals surface area contributed by atoms with E-state index in [1.165, 1.54) is 6.20 Å². The molecule has 17 heavy (non-hydrogen) atoms. The summed E-state index contributed by atoms with van der Waals surface area (Å²) in [5, 5.41) is 2.70. The third-order valence-electron chi connectivity index (χ3n) is 2.23. The summed E-state index contributed by atoms with van der Waals surface area (Å²) in [6.45, 7) is 7.06. The van der Waals surface area contributed by atoms with Crippen LogP contribution in [-0.2, 0) is 4.79 Å². The van der Waals surface area contributed by atoms with E-state index in [1.807, 2.05) is 19.9 Å². The minimum atomic E-state index is -0.244. The molecule has 88 valence electrons. The molecule has 0 saturated heterocycles. The second-order valence-electron chi connectivity index (χ2n) is 3.37. The summed E-state index contributed by atoms with van der Waals surface area (Å²) in [6.07, 6.45) is 4.90. The van der Waals surface area contributed by atoms with Gasteiger partial charge in [0.05, 0.1) is 5.57 Å². The summed E-state index contributed by atoms with van der Waals surface area (Å²) < 4.78 is 0. The Morgan fingerprint density at radius 2 is 2.29 bits per heavy atom. The Labute approximate surface area is 101 Å². The molecule has 0 aliphatic heterocycles. The van der Waals surface area contributed by atoms with Crippen LogP contribution in [0.5, 0.6) is 0 Å². The first kappa shape index (κ1) is 12.8. The number of nitrogens with zero attached hydrogens (tertiary/aromatic N) is 2. The fraction of sp³-hybridized carbons (Fsp3) is 0.154. The molecular weight excluding hydrogens is 214 g/mol. The molecule has 1 amide bonds. The SMILES string of the molecule is C=N/C=C(C(=O)Nc1ccccn1)\C(C)=C/C. The lowest BCUT2D eigenvalue weighted by Gasteiger charge is -2.07. The quantitative estimate of drug-likeness (QED) is 0.490. The third kappa shape index (κ3) is 3.68. The van der Waals surface area contributed by atoms with Gasteiger partial charge in [-0.3, -0.25) is 9.79 Å². The van der Waals surface area contributed by atoms with Crippen LogP contribution in [0.15, 0.2) is 52.8 Å². The number of aliphatic imine (C=N–C) groups is 1. The Bertz CT molecular complexity index is 461. The summed E-state index contributed by atoms with van der Waals surface area (Å²) >= 11 is 0. The number of aromatic nitrogens is 1. The molecule has 0 bridgehead atoms. The molecular formula is C13H15N3O. The normalized spacial score (nSPS) is 12.1. The van der Waals surface area contributed by atoms with E-state index in [0.717, 1.165) is 5.57 Å². The highest BCUT2D eigenvalue weighted by molar-refractivity contribution is 6.06. The molecule has 0 aromatic carbocycles. The first-order valence-corrected chi connectivity index (χ1v) is 5.20. The molecule has 1 aromatic heterocycles. The Hall–Kier alpha value is -2.23. The van der Waals surface area contributed by atoms with Gasteiger partial charge in [-0.15, -0.1) is 0 Å². The average Bonchev–Trinajstić information content (AvgIpc) is 2.36. The molecule has 1 rings (SSSR count). The number of carbonyl (C=O) groups excluding carboxylic acids is 1. The van der Waals surface area contributed by atoms with Crippen molar-refractivity contribution in [3.8, 4) is 0 Å². The van der Waals surface area contributed by atoms with E-state index in [9.17, 15) is 4.79 Å². The highest BCUT2D eigenvalue weighted by atomic mass is 16.1. The average molecular weight is 229 g/mol. The van der Waals surface area contributed by atoms with Crippen molar-refractivity contribution in [2.75, 3.05) is 5.32 Å². The van der Waals surface area contributed by atoms with Gasteiger partial charge >= 0.3 is 0 Å². The van der Waals surface area contributed by atoms with Crippen LogP contribution in [0.4, 0.5) is 5.82 Å². The van der Waals surface area contributed by atoms with E-state index in [0.29, 0.717) is 11.4 Å². The van der Waals surface area contributed by atoms with Gasteiger partial charge in [-0.1, -0.05) is 12.1 Å². The zero-order valence-corrected chi connectivity index (χ0v) is 9.97. The van der Waals surface area contributed by atoms with Gasteiger partial charge in [0.2, 0.25) is 0 Å². The van der Waals surface area contributed by atoms with Gasteiger partial charge in [-0.2, -0.15) is 0 Å². The predicted molar refractivity (Wildman–Crippen MR) is 69.9 cm³/mol. The van der Waals surface area contributed by atoms with Gasteiger partial charge in [-0.25, -0.2) is 4.98 Å². The number of hydrogen-bond acceptors (Lipinski definition) is 3. The number of amides is 1. The molecule has 0 atom stereocenters. The molecule has 0 radical (unpaired) electrons. The maximum Gasteiger partial charge on any atom is 0.258 e. The Morgan fingerprint density at radius 3 is 2.82 bits per heavy atom. The van der Waals surface area contributed by atoms with Gasteiger partial charge in [0, 0.05) is 12.4 Å². The lowest BCUT2D eigenvalue weighted by atomic mass is 10.1. The van der Waals surface area contributed by atoms with Crippen LogP contribution in [0.2, 0.25) is 0 Å². The number of allylic oxidation sites excluding steroid dienone is 1. The number of rotatable bonds is 4. The van der Waals surface area contributed by atoms with Crippen molar-refractivity contribution in [3.05, 3.63) is 47.8 Å². The van der Waals surface area contributed by atoms with Crippen LogP contribution in [0.25, 0.3) is 0 Å². The van der Waals surface area contributed by atoms with Crippen molar-refractivity contribution in [2.24, 2.45) is 4.99 Å². The lowest BCUT2D eigenvalue weighted by molar-refractivity contribution is -0.112. The number of nitrogens with one attached hydrogen (secondary N) is 1. The molecule has 0 saturated carbocycles. The minimum absolute atomic E-state index is 0.244. The van der Waals surface area contributed by atoms with Crippen molar-refractivity contribution in [3.63, 3.8) is 0 Å². The smallest absolute Gasteiger partial charge is 0.258 e. The lowest BCUT2D eigenvalue weighted by Crippen LogP contribution is -2.15. The van der Waals surface area contributed by atoms with Crippen LogP contribution in [0.1, 0.15) is 13.8 Å². The molecule has 0 aliphatic rings. The van der Waals surface area contributed by atoms with E-state index in [-0.39, 0.29) is 5.91 Å². The molecule has 1 heterocycles. The van der Waals surface area contributed by atoms with Crippen molar-refractivity contribution in [2.45, 2.75) is 13.8 Å². The van der Waals surface area contributed by atoms with Crippen LogP contribution < -0.4 is 5.32 Å². The molecule has 1 aromatic rings. The van der Waals surface area contributed by atoms with Crippen molar-refractivity contribution >= 4 is 18.4 Å². The fourth-order valence-corrected chi connectivity index (χ4v) is 1.21. The maximum absolute atomic E-state index is 12.0. The number of carbonyl (C=O) groups is 1. The van der Waals surface area contributed by atoms with Crippen LogP contribution in [0.3, 0.4) is 0 Å². The van der Waals surface area contributed by atoms with E-state index in [4.69, 9.17) is 0 Å². The van der Waals surface area contributed by atoms with Crippen molar-refractivity contribution in [1.29, 1.82) is 0 Å². The highest BCUT2D eigenvalue weighted by Crippen LogP contribution is 2.12. The number of anilines is 1. The molecule has 4 nitrogen and oxygen atoms in total. The topological polar surface area (TPSA) is 54.4 Å². The summed E-state index contributed by atoms with van der Waals surface area (Å²) in [5.41, 5.74) is 1.32. The second kappa shape index (κ2) is 6.37. The third-order valence-corrected chi connectivity index (χ3v) is 2.23. The Balaban J connectivity index is 2.88. The first-order valence-electron chi connectivity index (χ1n) is 5.20. The standard InChI is InChI=1S/C13H15N3O/c1-4-10(2)11(9-14-3)13(17)16-12-7-5-6-8-15-12/h4-9H,3H2,1-2H3,(H,15,16,17)/b10-4-,11-9+. The fourth-order valence-electron chi connectivity index (χ4n) is 1.21. The predicted octanol–water partition coefficient (Wildman–Crippen LogP) is 2.57. The largest absolute Gasteiger partial charge is 0.307 e. The van der Waals surface area contributed by atoms with E-state index < -0.39 is 0 Å². The van der Waals surface area contributed by atoms with Crippen LogP contribution in [-0.4, -0.2) is 17.6 Å². The summed E-state index contributed by atoms with van der Waals surface area (Å²) in [7, 11) is 0. The van der Waals surface area contributed by atoms with Crippen molar-refractivity contribution < 1.29 is 4.79 Å². The number of hydrogen-bond donors (Lipinski definition) is 1. The molecule has 1 N–H and O–H groups in total. The Kier molecular flexibility index (Phi) is 4.81. The minimum Gasteiger partial charge on any atom is -0.307 e. The molecule has 0 fully saturated rings. The maximum atomic E-state index is 12.0. The molecule has 4 heteroatoms. The van der Waals surface area contributed by atoms with E-state index in [2.05, 4.69) is 22.0 Å². The van der Waals surface area contributed by atoms with E-state index in [1.54, 1.807) is 24.4 Å². The van der Waals surface area contributed by atoms with Gasteiger partial charge in [0.15, 0.2) is 0 Å². The van der Waals surface area contributed by atoms with Gasteiger partial charge in [-0.05, 0) is 38.3 Å². The Morgan fingerprint density at radius 1 is 1.53 bits per heavy atom. The summed E-state index contributed by atoms with van der Waals surface area (Å²) in [4.78, 5) is 19.6. The monoisotopic (exact) mass is 229 g/mol. The van der Waals surface area contributed by atoms with Crippen molar-refractivity contribution in [1.82, 2.24) is 4.98 Å². The van der Waals surface area contributed by atoms with Crippen LogP contribution >= 0.6 is 0 Å². The van der Waals surface area contributed by atoms with Gasteiger partial charge < -0.3 is 5.32 Å². The van der Waals surface area contributed by atoms with Gasteiger partial charge in [0.25, 0.3) is 5.91 Å². The molecule has 0 unspecified atom stereocenters. The molecule has 0 aliphatic carbocycles. The molecule has 0 spiro atoms. The highest BCUT2D eigenvalue weighted by Gasteiger charge is 2.11. The van der Waals surface area contributed by atoms with Crippen LogP contribution in [0, 0.1) is 0 Å². The number of pyridine rings is 1. The zero-order valence-electron chi connectivity index (χ0n) is 9.97. The van der Waals surface area contributed by atoms with Gasteiger partial charge in [0.1, 0.15) is 5.82 Å². The van der Waals surface area contributed by atoms with E-state index >= 15 is 0 Å². The summed E-state index contributed by atoms with van der Waals surface area (Å²) in [6, 6.07) is 5.32. The first-order chi connectivity index (χ1) is 8.19. The summed E-state index contributed by atoms with van der Waals surface area (Å²) in [5.74, 6) is 0.267. The second-order valence-corrected chi connectivity index (χ2v) is 3.37. The zero-order chi connectivity index (χ0) is 12.7.